The second-order valence-electron chi connectivity index (χ2n) is 5.42. The van der Waals surface area contributed by atoms with Crippen molar-refractivity contribution < 1.29 is 19.4 Å². The van der Waals surface area contributed by atoms with Crippen molar-refractivity contribution in [1.82, 2.24) is 15.2 Å². The molecule has 2 atom stereocenters. The van der Waals surface area contributed by atoms with E-state index in [0.29, 0.717) is 6.54 Å². The summed E-state index contributed by atoms with van der Waals surface area (Å²) in [5.41, 5.74) is -0.333. The highest BCUT2D eigenvalue weighted by atomic mass is 16.5. The van der Waals surface area contributed by atoms with Crippen molar-refractivity contribution in [1.29, 1.82) is 0 Å². The number of ether oxygens (including phenoxy) is 1. The minimum absolute atomic E-state index is 0.0945. The summed E-state index contributed by atoms with van der Waals surface area (Å²) in [6.07, 6.45) is 1.66. The third-order valence-electron chi connectivity index (χ3n) is 3.71. The fourth-order valence-electron chi connectivity index (χ4n) is 2.15. The average molecular weight is 293 g/mol. The maximum Gasteiger partial charge on any atom is 0.317 e. The Hall–Kier alpha value is -2.15. The third-order valence-corrected chi connectivity index (χ3v) is 3.71. The zero-order valence-corrected chi connectivity index (χ0v) is 12.1. The van der Waals surface area contributed by atoms with Crippen LogP contribution in [0.3, 0.4) is 0 Å². The van der Waals surface area contributed by atoms with Crippen molar-refractivity contribution in [3.8, 4) is 0 Å². The van der Waals surface area contributed by atoms with E-state index in [9.17, 15) is 14.7 Å². The van der Waals surface area contributed by atoms with Gasteiger partial charge in [0.1, 0.15) is 5.41 Å². The summed E-state index contributed by atoms with van der Waals surface area (Å²) < 4.78 is 5.21. The number of amides is 2. The van der Waals surface area contributed by atoms with Crippen LogP contribution in [0.4, 0.5) is 4.79 Å². The molecule has 21 heavy (non-hydrogen) atoms. The zero-order valence-electron chi connectivity index (χ0n) is 12.1. The van der Waals surface area contributed by atoms with Gasteiger partial charge in [-0.2, -0.15) is 0 Å². The van der Waals surface area contributed by atoms with Gasteiger partial charge < -0.3 is 20.1 Å². The molecule has 7 heteroatoms. The number of carbonyl (C=O) groups excluding carboxylic acids is 1. The van der Waals surface area contributed by atoms with Gasteiger partial charge >= 0.3 is 12.0 Å². The monoisotopic (exact) mass is 293 g/mol. The number of aliphatic carboxylic acids is 1. The topological polar surface area (TPSA) is 91.8 Å². The average Bonchev–Trinajstić information content (AvgIpc) is 2.82. The van der Waals surface area contributed by atoms with Gasteiger partial charge in [-0.25, -0.2) is 4.79 Å². The van der Waals surface area contributed by atoms with Crippen molar-refractivity contribution in [2.24, 2.45) is 5.41 Å². The van der Waals surface area contributed by atoms with Crippen LogP contribution in [0.5, 0.6) is 0 Å². The number of carbonyl (C=O) groups is 2. The van der Waals surface area contributed by atoms with Crippen LogP contribution < -0.4 is 5.32 Å². The first-order valence-electron chi connectivity index (χ1n) is 6.66. The zero-order chi connectivity index (χ0) is 15.5. The summed E-state index contributed by atoms with van der Waals surface area (Å²) in [5, 5.41) is 12.0. The molecule has 0 bridgehead atoms. The van der Waals surface area contributed by atoms with E-state index in [0.717, 1.165) is 5.69 Å². The number of nitrogens with zero attached hydrogens (tertiary/aromatic N) is 2. The lowest BCUT2D eigenvalue weighted by molar-refractivity contribution is -0.148. The first-order chi connectivity index (χ1) is 9.93. The fourth-order valence-corrected chi connectivity index (χ4v) is 2.15. The van der Waals surface area contributed by atoms with E-state index >= 15 is 0 Å². The van der Waals surface area contributed by atoms with E-state index in [2.05, 4.69) is 10.3 Å². The van der Waals surface area contributed by atoms with Gasteiger partial charge in [0.2, 0.25) is 0 Å². The standard InChI is InChI=1S/C14H19N3O4/c1-14(12(18)19)9-21-8-11(14)16-13(20)17(2)7-10-5-3-4-6-15-10/h3-6,11H,7-9H2,1-2H3,(H,16,20)(H,18,19). The number of hydrogen-bond donors (Lipinski definition) is 2. The molecule has 7 nitrogen and oxygen atoms in total. The second-order valence-corrected chi connectivity index (χ2v) is 5.42. The van der Waals surface area contributed by atoms with Crippen molar-refractivity contribution in [2.75, 3.05) is 20.3 Å². The normalized spacial score (nSPS) is 24.6. The molecule has 0 aliphatic carbocycles. The third kappa shape index (κ3) is 3.30. The molecule has 2 amide bonds. The SMILES string of the molecule is CN(Cc1ccccn1)C(=O)NC1COCC1(C)C(=O)O. The summed E-state index contributed by atoms with van der Waals surface area (Å²) in [6, 6.07) is 4.58. The summed E-state index contributed by atoms with van der Waals surface area (Å²) in [7, 11) is 1.64. The predicted molar refractivity (Wildman–Crippen MR) is 74.6 cm³/mol. The molecule has 0 spiro atoms. The first-order valence-corrected chi connectivity index (χ1v) is 6.66. The van der Waals surface area contributed by atoms with Gasteiger partial charge in [-0.3, -0.25) is 9.78 Å². The van der Waals surface area contributed by atoms with Gasteiger partial charge in [0, 0.05) is 13.2 Å². The fraction of sp³-hybridized carbons (Fsp3) is 0.500. The molecule has 1 aliphatic heterocycles. The van der Waals surface area contributed by atoms with Crippen LogP contribution in [0.1, 0.15) is 12.6 Å². The molecule has 1 aromatic rings. The number of carboxylic acid groups (broad SMARTS) is 1. The minimum Gasteiger partial charge on any atom is -0.481 e. The van der Waals surface area contributed by atoms with Gasteiger partial charge in [0.15, 0.2) is 0 Å². The number of nitrogens with one attached hydrogen (secondary N) is 1. The Morgan fingerprint density at radius 1 is 1.57 bits per heavy atom. The van der Waals surface area contributed by atoms with Crippen molar-refractivity contribution in [3.05, 3.63) is 30.1 Å². The lowest BCUT2D eigenvalue weighted by Crippen LogP contribution is -2.52. The molecule has 1 saturated heterocycles. The van der Waals surface area contributed by atoms with Crippen LogP contribution >= 0.6 is 0 Å². The van der Waals surface area contributed by atoms with E-state index < -0.39 is 17.4 Å². The van der Waals surface area contributed by atoms with Crippen LogP contribution in [-0.4, -0.2) is 53.3 Å². The molecule has 1 fully saturated rings. The smallest absolute Gasteiger partial charge is 0.317 e. The van der Waals surface area contributed by atoms with Crippen molar-refractivity contribution >= 4 is 12.0 Å². The minimum atomic E-state index is -1.10. The Kier molecular flexibility index (Phi) is 4.42. The van der Waals surface area contributed by atoms with Gasteiger partial charge in [0.05, 0.1) is 31.5 Å². The highest BCUT2D eigenvalue weighted by Crippen LogP contribution is 2.28. The Balaban J connectivity index is 1.96. The summed E-state index contributed by atoms with van der Waals surface area (Å²) >= 11 is 0. The number of urea groups is 1. The molecule has 2 unspecified atom stereocenters. The van der Waals surface area contributed by atoms with E-state index in [1.807, 2.05) is 12.1 Å². The largest absolute Gasteiger partial charge is 0.481 e. The summed E-state index contributed by atoms with van der Waals surface area (Å²) in [5.74, 6) is -0.974. The van der Waals surface area contributed by atoms with Crippen LogP contribution in [0, 0.1) is 5.41 Å². The Morgan fingerprint density at radius 2 is 2.33 bits per heavy atom. The molecule has 2 heterocycles. The van der Waals surface area contributed by atoms with Crippen molar-refractivity contribution in [3.63, 3.8) is 0 Å². The number of pyridine rings is 1. The van der Waals surface area contributed by atoms with Gasteiger partial charge in [0.25, 0.3) is 0 Å². The Bertz CT molecular complexity index is 522. The Morgan fingerprint density at radius 3 is 2.95 bits per heavy atom. The van der Waals surface area contributed by atoms with Crippen molar-refractivity contribution in [2.45, 2.75) is 19.5 Å². The van der Waals surface area contributed by atoms with Crippen LogP contribution in [-0.2, 0) is 16.1 Å². The maximum absolute atomic E-state index is 12.2. The molecule has 2 N–H and O–H groups in total. The van der Waals surface area contributed by atoms with Crippen LogP contribution in [0.2, 0.25) is 0 Å². The lowest BCUT2D eigenvalue weighted by Gasteiger charge is -2.27. The number of carboxylic acids is 1. The molecule has 1 aromatic heterocycles. The molecule has 114 valence electrons. The molecule has 1 aliphatic rings. The second kappa shape index (κ2) is 6.09. The highest BCUT2D eigenvalue weighted by molar-refractivity contribution is 5.79. The maximum atomic E-state index is 12.2. The van der Waals surface area contributed by atoms with E-state index in [1.54, 1.807) is 26.2 Å². The highest BCUT2D eigenvalue weighted by Gasteiger charge is 2.47. The molecule has 0 radical (unpaired) electrons. The van der Waals surface area contributed by atoms with Gasteiger partial charge in [-0.05, 0) is 19.1 Å². The Labute approximate surface area is 122 Å². The van der Waals surface area contributed by atoms with E-state index in [1.165, 1.54) is 4.90 Å². The van der Waals surface area contributed by atoms with Gasteiger partial charge in [-0.15, -0.1) is 0 Å². The lowest BCUT2D eigenvalue weighted by atomic mass is 9.85. The van der Waals surface area contributed by atoms with Crippen LogP contribution in [0.25, 0.3) is 0 Å². The number of rotatable bonds is 4. The molecule has 0 saturated carbocycles. The molecular formula is C14H19N3O4. The van der Waals surface area contributed by atoms with Crippen LogP contribution in [0.15, 0.2) is 24.4 Å². The summed E-state index contributed by atoms with van der Waals surface area (Å²) in [6.45, 7) is 2.22. The predicted octanol–water partition coefficient (Wildman–Crippen LogP) is 0.713. The number of hydrogen-bond acceptors (Lipinski definition) is 4. The molecule has 0 aromatic carbocycles. The first kappa shape index (κ1) is 15.2. The quantitative estimate of drug-likeness (QED) is 0.853. The van der Waals surface area contributed by atoms with E-state index in [-0.39, 0.29) is 19.2 Å². The van der Waals surface area contributed by atoms with E-state index in [4.69, 9.17) is 4.74 Å². The number of aromatic nitrogens is 1. The van der Waals surface area contributed by atoms with Gasteiger partial charge in [-0.1, -0.05) is 6.07 Å². The molecule has 2 rings (SSSR count). The summed E-state index contributed by atoms with van der Waals surface area (Å²) in [4.78, 5) is 29.1. The molecular weight excluding hydrogens is 274 g/mol.